The minimum absolute atomic E-state index is 0.0837. The quantitative estimate of drug-likeness (QED) is 0.577. The lowest BCUT2D eigenvalue weighted by molar-refractivity contribution is -0.136. The third-order valence-corrected chi connectivity index (χ3v) is 6.93. The maximum atomic E-state index is 14.0. The highest BCUT2D eigenvalue weighted by atomic mass is 19.1. The summed E-state index contributed by atoms with van der Waals surface area (Å²) in [7, 11) is 1.91. The summed E-state index contributed by atoms with van der Waals surface area (Å²) < 4.78 is 27.6. The van der Waals surface area contributed by atoms with E-state index in [1.165, 1.54) is 18.2 Å². The molecule has 2 aliphatic heterocycles. The van der Waals surface area contributed by atoms with Gasteiger partial charge in [-0.05, 0) is 48.7 Å². The van der Waals surface area contributed by atoms with Crippen molar-refractivity contribution >= 4 is 29.2 Å². The fourth-order valence-corrected chi connectivity index (χ4v) is 4.84. The zero-order valence-corrected chi connectivity index (χ0v) is 19.4. The highest BCUT2D eigenvalue weighted by Gasteiger charge is 2.45. The number of benzene rings is 2. The standard InChI is InChI=1S/C25H28F2N4O4/c1-30-21-5-3-17(26)13-18(21)22(32)14-25(30)7-10-31(11-8-25)24(35)29-15-16-2-4-19(27)20(12-16)28-9-6-23(33)34/h2-5,12-13,28H,6-11,14-15H2,1H3,(H,29,35)(H,33,34). The van der Waals surface area contributed by atoms with Gasteiger partial charge in [-0.2, -0.15) is 0 Å². The first kappa shape index (κ1) is 24.4. The number of carbonyl (C=O) groups excluding carboxylic acids is 2. The van der Waals surface area contributed by atoms with E-state index in [-0.39, 0.29) is 43.4 Å². The minimum atomic E-state index is -0.980. The summed E-state index contributed by atoms with van der Waals surface area (Å²) in [5.74, 6) is -1.99. The van der Waals surface area contributed by atoms with Crippen LogP contribution in [-0.2, 0) is 11.3 Å². The first-order valence-electron chi connectivity index (χ1n) is 11.5. The molecule has 0 unspecified atom stereocenters. The molecule has 2 aliphatic rings. The molecule has 35 heavy (non-hydrogen) atoms. The topological polar surface area (TPSA) is 102 Å². The van der Waals surface area contributed by atoms with Crippen molar-refractivity contribution in [3.8, 4) is 0 Å². The second-order valence-corrected chi connectivity index (χ2v) is 9.08. The van der Waals surface area contributed by atoms with E-state index in [1.807, 2.05) is 7.05 Å². The van der Waals surface area contributed by atoms with Crippen LogP contribution < -0.4 is 15.5 Å². The molecule has 186 valence electrons. The summed E-state index contributed by atoms with van der Waals surface area (Å²) in [5.41, 5.74) is 1.56. The zero-order chi connectivity index (χ0) is 25.2. The summed E-state index contributed by atoms with van der Waals surface area (Å²) in [6, 6.07) is 8.40. The van der Waals surface area contributed by atoms with Crippen molar-refractivity contribution in [2.24, 2.45) is 0 Å². The van der Waals surface area contributed by atoms with Gasteiger partial charge >= 0.3 is 12.0 Å². The molecule has 0 radical (unpaired) electrons. The van der Waals surface area contributed by atoms with E-state index >= 15 is 0 Å². The van der Waals surface area contributed by atoms with Crippen LogP contribution in [0.25, 0.3) is 0 Å². The Morgan fingerprint density at radius 2 is 1.86 bits per heavy atom. The minimum Gasteiger partial charge on any atom is -0.481 e. The van der Waals surface area contributed by atoms with Crippen molar-refractivity contribution < 1.29 is 28.3 Å². The summed E-state index contributed by atoms with van der Waals surface area (Å²) >= 11 is 0. The van der Waals surface area contributed by atoms with Gasteiger partial charge in [-0.25, -0.2) is 13.6 Å². The number of nitrogens with zero attached hydrogens (tertiary/aromatic N) is 2. The number of carboxylic acid groups (broad SMARTS) is 1. The number of rotatable bonds is 6. The second-order valence-electron chi connectivity index (χ2n) is 9.08. The van der Waals surface area contributed by atoms with Crippen molar-refractivity contribution in [1.82, 2.24) is 10.2 Å². The molecule has 0 saturated carbocycles. The van der Waals surface area contributed by atoms with Gasteiger partial charge in [0.05, 0.1) is 17.6 Å². The Balaban J connectivity index is 1.33. The van der Waals surface area contributed by atoms with Gasteiger partial charge in [-0.1, -0.05) is 6.07 Å². The molecular formula is C25H28F2N4O4. The SMILES string of the molecule is CN1c2ccc(F)cc2C(=O)CC12CCN(C(=O)NCc1ccc(F)c(NCCC(=O)O)c1)CC2. The number of fused-ring (bicyclic) bond motifs is 1. The van der Waals surface area contributed by atoms with Gasteiger partial charge < -0.3 is 25.5 Å². The summed E-state index contributed by atoms with van der Waals surface area (Å²) in [5, 5.41) is 14.3. The molecule has 0 atom stereocenters. The number of carboxylic acids is 1. The molecule has 0 aliphatic carbocycles. The molecule has 8 nitrogen and oxygen atoms in total. The van der Waals surface area contributed by atoms with Crippen molar-refractivity contribution in [1.29, 1.82) is 0 Å². The zero-order valence-electron chi connectivity index (χ0n) is 19.4. The number of hydrogen-bond donors (Lipinski definition) is 3. The van der Waals surface area contributed by atoms with Gasteiger partial charge in [0.2, 0.25) is 0 Å². The summed E-state index contributed by atoms with van der Waals surface area (Å²) in [6.45, 7) is 1.20. The molecule has 2 aromatic rings. The van der Waals surface area contributed by atoms with Crippen LogP contribution in [0.1, 0.15) is 41.6 Å². The van der Waals surface area contributed by atoms with Gasteiger partial charge in [-0.15, -0.1) is 0 Å². The maximum Gasteiger partial charge on any atom is 0.317 e. The first-order chi connectivity index (χ1) is 16.7. The summed E-state index contributed by atoms with van der Waals surface area (Å²) in [6.07, 6.45) is 1.35. The predicted octanol–water partition coefficient (Wildman–Crippen LogP) is 3.62. The van der Waals surface area contributed by atoms with Crippen molar-refractivity contribution in [3.05, 3.63) is 59.2 Å². The van der Waals surface area contributed by atoms with Crippen molar-refractivity contribution in [2.75, 3.05) is 36.9 Å². The Labute approximate surface area is 201 Å². The molecule has 0 bridgehead atoms. The lowest BCUT2D eigenvalue weighted by Crippen LogP contribution is -2.59. The Morgan fingerprint density at radius 3 is 2.57 bits per heavy atom. The van der Waals surface area contributed by atoms with E-state index in [4.69, 9.17) is 5.11 Å². The average molecular weight is 487 g/mol. The molecular weight excluding hydrogens is 458 g/mol. The van der Waals surface area contributed by atoms with Gasteiger partial charge in [-0.3, -0.25) is 9.59 Å². The van der Waals surface area contributed by atoms with Crippen LogP contribution >= 0.6 is 0 Å². The largest absolute Gasteiger partial charge is 0.481 e. The second kappa shape index (κ2) is 9.89. The van der Waals surface area contributed by atoms with E-state index < -0.39 is 23.1 Å². The summed E-state index contributed by atoms with van der Waals surface area (Å²) in [4.78, 5) is 39.9. The van der Waals surface area contributed by atoms with Crippen LogP contribution in [0.3, 0.4) is 0 Å². The Bertz CT molecular complexity index is 1150. The average Bonchev–Trinajstić information content (AvgIpc) is 2.83. The number of nitrogens with one attached hydrogen (secondary N) is 2. The van der Waals surface area contributed by atoms with Crippen LogP contribution in [-0.4, -0.2) is 60.0 Å². The van der Waals surface area contributed by atoms with E-state index in [1.54, 1.807) is 23.1 Å². The molecule has 1 spiro atoms. The number of halogens is 2. The number of ketones is 1. The Hall–Kier alpha value is -3.69. The number of urea groups is 1. The number of aliphatic carboxylic acids is 1. The molecule has 4 rings (SSSR count). The highest BCUT2D eigenvalue weighted by Crippen LogP contribution is 2.42. The van der Waals surface area contributed by atoms with Crippen LogP contribution in [0.15, 0.2) is 36.4 Å². The van der Waals surface area contributed by atoms with Crippen molar-refractivity contribution in [2.45, 2.75) is 37.8 Å². The number of likely N-dealkylation sites (tertiary alicyclic amines) is 1. The van der Waals surface area contributed by atoms with E-state index in [2.05, 4.69) is 15.5 Å². The van der Waals surface area contributed by atoms with Crippen LogP contribution in [0.5, 0.6) is 0 Å². The van der Waals surface area contributed by atoms with E-state index in [0.29, 0.717) is 42.7 Å². The number of piperidine rings is 1. The monoisotopic (exact) mass is 486 g/mol. The molecule has 3 N–H and O–H groups in total. The van der Waals surface area contributed by atoms with E-state index in [0.717, 1.165) is 0 Å². The fourth-order valence-electron chi connectivity index (χ4n) is 4.84. The number of carbonyl (C=O) groups is 3. The van der Waals surface area contributed by atoms with Gasteiger partial charge in [0.1, 0.15) is 11.6 Å². The lowest BCUT2D eigenvalue weighted by atomic mass is 9.77. The third kappa shape index (κ3) is 5.21. The Morgan fingerprint density at radius 1 is 1.11 bits per heavy atom. The number of hydrogen-bond acceptors (Lipinski definition) is 5. The van der Waals surface area contributed by atoms with Crippen molar-refractivity contribution in [3.63, 3.8) is 0 Å². The number of anilines is 2. The molecule has 2 amide bonds. The van der Waals surface area contributed by atoms with Crippen LogP contribution in [0, 0.1) is 11.6 Å². The van der Waals surface area contributed by atoms with Gasteiger partial charge in [0.25, 0.3) is 0 Å². The lowest BCUT2D eigenvalue weighted by Gasteiger charge is -2.50. The maximum absolute atomic E-state index is 14.0. The first-order valence-corrected chi connectivity index (χ1v) is 11.5. The molecule has 2 aromatic carbocycles. The molecule has 2 heterocycles. The van der Waals surface area contributed by atoms with Crippen LogP contribution in [0.4, 0.5) is 25.0 Å². The normalized spacial score (nSPS) is 16.7. The van der Waals surface area contributed by atoms with Crippen LogP contribution in [0.2, 0.25) is 0 Å². The smallest absolute Gasteiger partial charge is 0.317 e. The third-order valence-electron chi connectivity index (χ3n) is 6.93. The number of amides is 2. The molecule has 0 aromatic heterocycles. The predicted molar refractivity (Wildman–Crippen MR) is 127 cm³/mol. The molecule has 1 saturated heterocycles. The molecule has 1 fully saturated rings. The Kier molecular flexibility index (Phi) is 6.90. The van der Waals surface area contributed by atoms with Gasteiger partial charge in [0, 0.05) is 50.9 Å². The number of Topliss-reactive ketones (excluding diaryl/α,β-unsaturated/α-hetero) is 1. The molecule has 10 heteroatoms. The van der Waals surface area contributed by atoms with E-state index in [9.17, 15) is 23.2 Å². The fraction of sp³-hybridized carbons (Fsp3) is 0.400. The van der Waals surface area contributed by atoms with Gasteiger partial charge in [0.15, 0.2) is 5.78 Å². The highest BCUT2D eigenvalue weighted by molar-refractivity contribution is 6.04.